The average molecular weight is 527 g/mol. The molecule has 0 radical (unpaired) electrons. The largest absolute Gasteiger partial charge is 0.456 e. The zero-order chi connectivity index (χ0) is 27.2. The Labute approximate surface area is 235 Å². The summed E-state index contributed by atoms with van der Waals surface area (Å²) >= 11 is 0. The Balaban J connectivity index is 1.31. The van der Waals surface area contributed by atoms with Crippen LogP contribution in [0.15, 0.2) is 138 Å². The van der Waals surface area contributed by atoms with Crippen molar-refractivity contribution in [3.05, 3.63) is 134 Å². The van der Waals surface area contributed by atoms with Crippen LogP contribution in [0, 0.1) is 0 Å². The number of rotatable bonds is 4. The first-order valence-corrected chi connectivity index (χ1v) is 13.5. The zero-order valence-electron chi connectivity index (χ0n) is 21.9. The van der Waals surface area contributed by atoms with Crippen LogP contribution in [-0.2, 0) is 0 Å². The van der Waals surface area contributed by atoms with Gasteiger partial charge in [-0.1, -0.05) is 91.0 Å². The van der Waals surface area contributed by atoms with Crippen LogP contribution in [0.5, 0.6) is 0 Å². The number of hydrogen-bond acceptors (Lipinski definition) is 5. The molecule has 0 atom stereocenters. The van der Waals surface area contributed by atoms with E-state index in [1.165, 1.54) is 0 Å². The molecule has 5 aromatic carbocycles. The molecule has 0 saturated carbocycles. The van der Waals surface area contributed by atoms with Gasteiger partial charge in [-0.15, -0.1) is 0 Å². The predicted molar refractivity (Wildman–Crippen MR) is 164 cm³/mol. The summed E-state index contributed by atoms with van der Waals surface area (Å²) < 4.78 is 6.32. The van der Waals surface area contributed by atoms with E-state index in [-0.39, 0.29) is 0 Å². The van der Waals surface area contributed by atoms with E-state index in [4.69, 9.17) is 19.4 Å². The first-order chi connectivity index (χ1) is 20.3. The number of nitrogens with zero attached hydrogens (tertiary/aromatic N) is 4. The molecular weight excluding hydrogens is 504 g/mol. The van der Waals surface area contributed by atoms with Crippen LogP contribution in [0.2, 0.25) is 0 Å². The Hall–Kier alpha value is -5.68. The summed E-state index contributed by atoms with van der Waals surface area (Å²) in [6, 6.07) is 42.9. The standard InChI is InChI=1S/C36H22N4O/c1-3-9-23(10-4-1)25-13-7-14-26(21-25)35-38-34(24-11-5-2-6-12-24)39-36(40-35)27-16-17-29-32(22-27)41-31-19-18-30-28(33(29)31)15-8-20-37-30/h1-22H. The predicted octanol–water partition coefficient (Wildman–Crippen LogP) is 8.99. The normalized spacial score (nSPS) is 11.4. The lowest BCUT2D eigenvalue weighted by molar-refractivity contribution is 0.669. The summed E-state index contributed by atoms with van der Waals surface area (Å²) in [7, 11) is 0. The van der Waals surface area contributed by atoms with Crippen molar-refractivity contribution in [2.24, 2.45) is 0 Å². The Bertz CT molecular complexity index is 2210. The third-order valence-electron chi connectivity index (χ3n) is 7.37. The molecule has 0 amide bonds. The lowest BCUT2D eigenvalue weighted by Crippen LogP contribution is -2.00. The van der Waals surface area contributed by atoms with E-state index < -0.39 is 0 Å². The average Bonchev–Trinajstić information content (AvgIpc) is 3.44. The highest BCUT2D eigenvalue weighted by atomic mass is 16.3. The summed E-state index contributed by atoms with van der Waals surface area (Å²) in [5, 5.41) is 3.18. The van der Waals surface area contributed by atoms with Crippen LogP contribution in [-0.4, -0.2) is 19.9 Å². The number of hydrogen-bond donors (Lipinski definition) is 0. The van der Waals surface area contributed by atoms with Crippen LogP contribution in [0.4, 0.5) is 0 Å². The van der Waals surface area contributed by atoms with Gasteiger partial charge in [-0.2, -0.15) is 0 Å². The lowest BCUT2D eigenvalue weighted by Gasteiger charge is -2.09. The fourth-order valence-electron chi connectivity index (χ4n) is 5.39. The molecule has 0 N–H and O–H groups in total. The second kappa shape index (κ2) is 9.50. The summed E-state index contributed by atoms with van der Waals surface area (Å²) in [6.45, 7) is 0. The molecular formula is C36H22N4O. The van der Waals surface area contributed by atoms with Crippen molar-refractivity contribution >= 4 is 32.8 Å². The fourth-order valence-corrected chi connectivity index (χ4v) is 5.39. The van der Waals surface area contributed by atoms with E-state index in [0.717, 1.165) is 60.7 Å². The molecule has 8 aromatic rings. The SMILES string of the molecule is c1ccc(-c2cccc(-c3nc(-c4ccccc4)nc(-c4ccc5c(c4)oc4ccc6ncccc6c45)n3)c2)cc1. The number of furan rings is 1. The van der Waals surface area contributed by atoms with Gasteiger partial charge < -0.3 is 4.42 Å². The smallest absolute Gasteiger partial charge is 0.164 e. The van der Waals surface area contributed by atoms with E-state index in [9.17, 15) is 0 Å². The topological polar surface area (TPSA) is 64.7 Å². The van der Waals surface area contributed by atoms with E-state index in [1.54, 1.807) is 0 Å². The molecule has 192 valence electrons. The van der Waals surface area contributed by atoms with E-state index in [1.807, 2.05) is 91.1 Å². The minimum Gasteiger partial charge on any atom is -0.456 e. The van der Waals surface area contributed by atoms with Gasteiger partial charge in [0.05, 0.1) is 5.52 Å². The summed E-state index contributed by atoms with van der Waals surface area (Å²) in [6.07, 6.45) is 1.81. The van der Waals surface area contributed by atoms with Gasteiger partial charge >= 0.3 is 0 Å². The molecule has 5 heteroatoms. The second-order valence-electron chi connectivity index (χ2n) is 9.94. The molecule has 3 aromatic heterocycles. The Morgan fingerprint density at radius 2 is 1.07 bits per heavy atom. The van der Waals surface area contributed by atoms with E-state index in [2.05, 4.69) is 47.4 Å². The van der Waals surface area contributed by atoms with Gasteiger partial charge in [-0.25, -0.2) is 15.0 Å². The maximum atomic E-state index is 6.32. The first-order valence-electron chi connectivity index (χ1n) is 13.5. The minimum absolute atomic E-state index is 0.591. The van der Waals surface area contributed by atoms with Crippen LogP contribution in [0.1, 0.15) is 0 Å². The van der Waals surface area contributed by atoms with Crippen molar-refractivity contribution in [3.63, 3.8) is 0 Å². The molecule has 0 aliphatic heterocycles. The molecule has 0 fully saturated rings. The Morgan fingerprint density at radius 3 is 1.85 bits per heavy atom. The number of aromatic nitrogens is 4. The number of pyridine rings is 1. The van der Waals surface area contributed by atoms with Crippen molar-refractivity contribution < 1.29 is 4.42 Å². The highest BCUT2D eigenvalue weighted by Gasteiger charge is 2.16. The summed E-state index contributed by atoms with van der Waals surface area (Å²) in [4.78, 5) is 19.3. The third kappa shape index (κ3) is 4.12. The Morgan fingerprint density at radius 1 is 0.415 bits per heavy atom. The van der Waals surface area contributed by atoms with Gasteiger partial charge in [0.1, 0.15) is 11.2 Å². The van der Waals surface area contributed by atoms with Gasteiger partial charge in [0.15, 0.2) is 17.5 Å². The molecule has 41 heavy (non-hydrogen) atoms. The van der Waals surface area contributed by atoms with E-state index in [0.29, 0.717) is 17.5 Å². The molecule has 0 bridgehead atoms. The maximum Gasteiger partial charge on any atom is 0.164 e. The Kier molecular flexibility index (Phi) is 5.38. The van der Waals surface area contributed by atoms with Crippen LogP contribution in [0.3, 0.4) is 0 Å². The molecule has 5 nitrogen and oxygen atoms in total. The van der Waals surface area contributed by atoms with Gasteiger partial charge in [-0.3, -0.25) is 4.98 Å². The molecule has 0 aliphatic carbocycles. The summed E-state index contributed by atoms with van der Waals surface area (Å²) in [5.74, 6) is 1.83. The van der Waals surface area contributed by atoms with Crippen molar-refractivity contribution in [1.29, 1.82) is 0 Å². The first kappa shape index (κ1) is 23.2. The van der Waals surface area contributed by atoms with Crippen LogP contribution >= 0.6 is 0 Å². The van der Waals surface area contributed by atoms with Crippen molar-refractivity contribution in [2.45, 2.75) is 0 Å². The fraction of sp³-hybridized carbons (Fsp3) is 0. The minimum atomic E-state index is 0.591. The van der Waals surface area contributed by atoms with Gasteiger partial charge in [0.2, 0.25) is 0 Å². The summed E-state index contributed by atoms with van der Waals surface area (Å²) in [5.41, 5.74) is 7.52. The molecule has 0 unspecified atom stereocenters. The molecule has 3 heterocycles. The van der Waals surface area contributed by atoms with Gasteiger partial charge in [0, 0.05) is 39.0 Å². The van der Waals surface area contributed by atoms with E-state index >= 15 is 0 Å². The molecule has 0 saturated heterocycles. The molecule has 8 rings (SSSR count). The molecule has 0 aliphatic rings. The lowest BCUT2D eigenvalue weighted by atomic mass is 10.0. The quantitative estimate of drug-likeness (QED) is 0.229. The van der Waals surface area contributed by atoms with Crippen molar-refractivity contribution in [1.82, 2.24) is 19.9 Å². The second-order valence-corrected chi connectivity index (χ2v) is 9.94. The highest BCUT2D eigenvalue weighted by Crippen LogP contribution is 2.36. The zero-order valence-corrected chi connectivity index (χ0v) is 21.9. The van der Waals surface area contributed by atoms with Crippen LogP contribution < -0.4 is 0 Å². The maximum absolute atomic E-state index is 6.32. The highest BCUT2D eigenvalue weighted by molar-refractivity contribution is 6.18. The van der Waals surface area contributed by atoms with Crippen LogP contribution in [0.25, 0.3) is 78.1 Å². The monoisotopic (exact) mass is 526 g/mol. The third-order valence-corrected chi connectivity index (χ3v) is 7.37. The van der Waals surface area contributed by atoms with Crippen molar-refractivity contribution in [3.8, 4) is 45.3 Å². The van der Waals surface area contributed by atoms with Gasteiger partial charge in [-0.05, 0) is 47.5 Å². The van der Waals surface area contributed by atoms with Crippen molar-refractivity contribution in [2.75, 3.05) is 0 Å². The number of benzene rings is 5. The van der Waals surface area contributed by atoms with Gasteiger partial charge in [0.25, 0.3) is 0 Å². The molecule has 0 spiro atoms. The number of fused-ring (bicyclic) bond motifs is 5.